The van der Waals surface area contributed by atoms with Crippen molar-refractivity contribution in [2.75, 3.05) is 13.1 Å². The summed E-state index contributed by atoms with van der Waals surface area (Å²) in [6, 6.07) is -5.07. The van der Waals surface area contributed by atoms with Gasteiger partial charge in [-0.1, -0.05) is 48.0 Å². The van der Waals surface area contributed by atoms with Crippen molar-refractivity contribution in [2.24, 2.45) is 35.0 Å². The lowest BCUT2D eigenvalue weighted by atomic mass is 9.96. The molecule has 4 amide bonds. The quantitative estimate of drug-likeness (QED) is 0.0989. The summed E-state index contributed by atoms with van der Waals surface area (Å²) in [4.78, 5) is 63.4. The SMILES string of the molecule is CC[C@H](C)[C@H](NC(=O)[C@H](N)CC(C)C)C(=O)N[C@@H](CCN)C(=O)N[C@@H](CCN)C(=O)N[C@@H](CC(C)C)C(=O)O. The van der Waals surface area contributed by atoms with Crippen LogP contribution in [0.15, 0.2) is 0 Å². The summed E-state index contributed by atoms with van der Waals surface area (Å²) in [5.41, 5.74) is 17.3. The zero-order valence-corrected chi connectivity index (χ0v) is 24.3. The second kappa shape index (κ2) is 18.5. The molecule has 226 valence electrons. The molecule has 13 heteroatoms. The molecule has 13 nitrogen and oxygen atoms in total. The first kappa shape index (κ1) is 36.2. The molecule has 0 heterocycles. The largest absolute Gasteiger partial charge is 0.480 e. The number of aliphatic carboxylic acids is 1. The van der Waals surface area contributed by atoms with Crippen LogP contribution in [-0.4, -0.2) is 78.0 Å². The zero-order valence-electron chi connectivity index (χ0n) is 24.3. The van der Waals surface area contributed by atoms with E-state index in [2.05, 4.69) is 21.3 Å². The minimum Gasteiger partial charge on any atom is -0.480 e. The van der Waals surface area contributed by atoms with Gasteiger partial charge in [-0.05, 0) is 56.5 Å². The summed E-state index contributed by atoms with van der Waals surface area (Å²) in [5.74, 6) is -3.65. The Bertz CT molecular complexity index is 808. The lowest BCUT2D eigenvalue weighted by molar-refractivity contribution is -0.142. The minimum absolute atomic E-state index is 0.0111. The molecular formula is C26H51N7O6. The number of nitrogens with two attached hydrogens (primary N) is 3. The molecule has 0 saturated heterocycles. The lowest BCUT2D eigenvalue weighted by Gasteiger charge is -2.28. The van der Waals surface area contributed by atoms with E-state index in [-0.39, 0.29) is 50.1 Å². The van der Waals surface area contributed by atoms with E-state index in [4.69, 9.17) is 17.2 Å². The molecule has 0 radical (unpaired) electrons. The van der Waals surface area contributed by atoms with Crippen molar-refractivity contribution in [3.63, 3.8) is 0 Å². The first-order chi connectivity index (χ1) is 18.2. The fraction of sp³-hybridized carbons (Fsp3) is 0.808. The third-order valence-corrected chi connectivity index (χ3v) is 6.35. The molecular weight excluding hydrogens is 506 g/mol. The average Bonchev–Trinajstić information content (AvgIpc) is 2.84. The van der Waals surface area contributed by atoms with Crippen molar-refractivity contribution in [1.29, 1.82) is 0 Å². The molecule has 39 heavy (non-hydrogen) atoms. The fourth-order valence-corrected chi connectivity index (χ4v) is 3.95. The average molecular weight is 558 g/mol. The van der Waals surface area contributed by atoms with Crippen LogP contribution in [0.2, 0.25) is 0 Å². The predicted molar refractivity (Wildman–Crippen MR) is 149 cm³/mol. The molecule has 0 bridgehead atoms. The number of carbonyl (C=O) groups is 5. The smallest absolute Gasteiger partial charge is 0.326 e. The predicted octanol–water partition coefficient (Wildman–Crippen LogP) is -0.827. The van der Waals surface area contributed by atoms with Gasteiger partial charge >= 0.3 is 5.97 Å². The highest BCUT2D eigenvalue weighted by Gasteiger charge is 2.33. The van der Waals surface area contributed by atoms with E-state index < -0.39 is 59.8 Å². The van der Waals surface area contributed by atoms with Gasteiger partial charge in [-0.2, -0.15) is 0 Å². The van der Waals surface area contributed by atoms with Gasteiger partial charge in [0.15, 0.2) is 0 Å². The number of rotatable bonds is 19. The topological polar surface area (TPSA) is 232 Å². The zero-order chi connectivity index (χ0) is 30.3. The van der Waals surface area contributed by atoms with E-state index in [9.17, 15) is 29.1 Å². The van der Waals surface area contributed by atoms with Gasteiger partial charge in [-0.3, -0.25) is 19.2 Å². The maximum Gasteiger partial charge on any atom is 0.326 e. The Morgan fingerprint density at radius 1 is 0.667 bits per heavy atom. The summed E-state index contributed by atoms with van der Waals surface area (Å²) in [6.45, 7) is 11.3. The van der Waals surface area contributed by atoms with Crippen molar-refractivity contribution in [3.05, 3.63) is 0 Å². The number of carbonyl (C=O) groups excluding carboxylic acids is 4. The molecule has 0 unspecified atom stereocenters. The standard InChI is InChI=1S/C26H51N7O6/c1-7-16(6)21(33-22(34)17(29)12-14(2)3)25(37)31-19(9-11-28)23(35)30-18(8-10-27)24(36)32-20(26(38)39)13-15(4)5/h14-21H,7-13,27-29H2,1-6H3,(H,30,35)(H,31,37)(H,32,36)(H,33,34)(H,38,39)/t16-,17+,18-,19-,20-,21-/m0/s1. The number of hydrogen-bond acceptors (Lipinski definition) is 8. The fourth-order valence-electron chi connectivity index (χ4n) is 3.95. The third-order valence-electron chi connectivity index (χ3n) is 6.35. The lowest BCUT2D eigenvalue weighted by Crippen LogP contribution is -2.60. The summed E-state index contributed by atoms with van der Waals surface area (Å²) < 4.78 is 0. The molecule has 0 aliphatic heterocycles. The van der Waals surface area contributed by atoms with Gasteiger partial charge in [0.2, 0.25) is 23.6 Å². The van der Waals surface area contributed by atoms with E-state index >= 15 is 0 Å². The second-order valence-electron chi connectivity index (χ2n) is 10.9. The van der Waals surface area contributed by atoms with Gasteiger partial charge in [0.25, 0.3) is 0 Å². The normalized spacial score (nSPS) is 16.0. The van der Waals surface area contributed by atoms with Crippen molar-refractivity contribution >= 4 is 29.6 Å². The molecule has 11 N–H and O–H groups in total. The number of hydrogen-bond donors (Lipinski definition) is 8. The molecule has 0 aromatic rings. The Morgan fingerprint density at radius 2 is 1.10 bits per heavy atom. The number of carboxylic acid groups (broad SMARTS) is 1. The number of nitrogens with one attached hydrogen (secondary N) is 4. The van der Waals surface area contributed by atoms with E-state index in [1.54, 1.807) is 6.92 Å². The monoisotopic (exact) mass is 557 g/mol. The van der Waals surface area contributed by atoms with E-state index in [0.29, 0.717) is 12.8 Å². The first-order valence-corrected chi connectivity index (χ1v) is 13.8. The molecule has 0 aromatic heterocycles. The maximum absolute atomic E-state index is 13.2. The molecule has 0 saturated carbocycles. The number of carboxylic acids is 1. The van der Waals surface area contributed by atoms with E-state index in [1.165, 1.54) is 0 Å². The van der Waals surface area contributed by atoms with Crippen LogP contribution in [0.5, 0.6) is 0 Å². The van der Waals surface area contributed by atoms with E-state index in [1.807, 2.05) is 34.6 Å². The second-order valence-corrected chi connectivity index (χ2v) is 10.9. The highest BCUT2D eigenvalue weighted by Crippen LogP contribution is 2.11. The maximum atomic E-state index is 13.2. The molecule has 0 rings (SSSR count). The van der Waals surface area contributed by atoms with Gasteiger partial charge in [-0.15, -0.1) is 0 Å². The highest BCUT2D eigenvalue weighted by atomic mass is 16.4. The Hall–Kier alpha value is -2.77. The van der Waals surface area contributed by atoms with Crippen LogP contribution in [0.25, 0.3) is 0 Å². The number of amides is 4. The van der Waals surface area contributed by atoms with Crippen molar-refractivity contribution < 1.29 is 29.1 Å². The molecule has 6 atom stereocenters. The van der Waals surface area contributed by atoms with Crippen LogP contribution in [-0.2, 0) is 24.0 Å². The van der Waals surface area contributed by atoms with Crippen molar-refractivity contribution in [1.82, 2.24) is 21.3 Å². The van der Waals surface area contributed by atoms with Gasteiger partial charge in [-0.25, -0.2) is 4.79 Å². The summed E-state index contributed by atoms with van der Waals surface area (Å²) >= 11 is 0. The summed E-state index contributed by atoms with van der Waals surface area (Å²) in [7, 11) is 0. The first-order valence-electron chi connectivity index (χ1n) is 13.8. The van der Waals surface area contributed by atoms with Gasteiger partial charge in [0.05, 0.1) is 6.04 Å². The van der Waals surface area contributed by atoms with Crippen LogP contribution in [0, 0.1) is 17.8 Å². The summed E-state index contributed by atoms with van der Waals surface area (Å²) in [5, 5.41) is 19.8. The van der Waals surface area contributed by atoms with Crippen LogP contribution in [0.4, 0.5) is 0 Å². The third kappa shape index (κ3) is 13.7. The molecule has 0 aromatic carbocycles. The van der Waals surface area contributed by atoms with Crippen molar-refractivity contribution in [2.45, 2.75) is 104 Å². The van der Waals surface area contributed by atoms with E-state index in [0.717, 1.165) is 0 Å². The van der Waals surface area contributed by atoms with Gasteiger partial charge in [0, 0.05) is 0 Å². The Labute approximate surface area is 232 Å². The highest BCUT2D eigenvalue weighted by molar-refractivity contribution is 5.95. The van der Waals surface area contributed by atoms with Crippen LogP contribution < -0.4 is 38.5 Å². The Kier molecular flexibility index (Phi) is 17.2. The van der Waals surface area contributed by atoms with Gasteiger partial charge in [0.1, 0.15) is 24.2 Å². The van der Waals surface area contributed by atoms with Crippen molar-refractivity contribution in [3.8, 4) is 0 Å². The van der Waals surface area contributed by atoms with Crippen LogP contribution >= 0.6 is 0 Å². The molecule has 0 aliphatic carbocycles. The summed E-state index contributed by atoms with van der Waals surface area (Å²) in [6.07, 6.45) is 1.34. The molecule has 0 aliphatic rings. The Balaban J connectivity index is 5.64. The van der Waals surface area contributed by atoms with Gasteiger partial charge < -0.3 is 43.6 Å². The van der Waals surface area contributed by atoms with Crippen LogP contribution in [0.1, 0.15) is 73.6 Å². The minimum atomic E-state index is -1.19. The van der Waals surface area contributed by atoms with Crippen LogP contribution in [0.3, 0.4) is 0 Å². The molecule has 0 spiro atoms. The Morgan fingerprint density at radius 3 is 1.49 bits per heavy atom. The molecule has 0 fully saturated rings.